The SMILES string of the molecule is COc1ccc([Si](C)(C)[C@H]2[C@H](CCO)O[C@@]3(C(=O)Nc4ccc(N5C(=O)CC5OC(C)=O)cc43)[C@@H]2C)cc1. The van der Waals surface area contributed by atoms with Crippen LogP contribution in [0, 0.1) is 5.92 Å². The molecule has 1 unspecified atom stereocenters. The maximum absolute atomic E-state index is 13.7. The van der Waals surface area contributed by atoms with Crippen LogP contribution in [0.1, 0.15) is 32.3 Å². The number of ether oxygens (including phenoxy) is 3. The lowest BCUT2D eigenvalue weighted by Crippen LogP contribution is -2.55. The molecule has 0 bridgehead atoms. The highest BCUT2D eigenvalue weighted by atomic mass is 28.3. The van der Waals surface area contributed by atoms with E-state index in [-0.39, 0.29) is 42.4 Å². The van der Waals surface area contributed by atoms with Crippen molar-refractivity contribution in [2.24, 2.45) is 5.92 Å². The van der Waals surface area contributed by atoms with Crippen LogP contribution >= 0.6 is 0 Å². The molecule has 2 fully saturated rings. The summed E-state index contributed by atoms with van der Waals surface area (Å²) in [5.74, 6) is -0.298. The summed E-state index contributed by atoms with van der Waals surface area (Å²) in [7, 11) is -0.618. The van der Waals surface area contributed by atoms with Crippen molar-refractivity contribution in [3.05, 3.63) is 48.0 Å². The fraction of sp³-hybridized carbons (Fsp3) is 0.464. The Kier molecular flexibility index (Phi) is 6.61. The fourth-order valence-corrected chi connectivity index (χ4v) is 10.7. The van der Waals surface area contributed by atoms with Crippen LogP contribution in [0.4, 0.5) is 11.4 Å². The van der Waals surface area contributed by atoms with Crippen LogP contribution in [0.3, 0.4) is 0 Å². The van der Waals surface area contributed by atoms with Gasteiger partial charge in [-0.3, -0.25) is 19.3 Å². The van der Waals surface area contributed by atoms with Gasteiger partial charge in [0.15, 0.2) is 11.8 Å². The maximum atomic E-state index is 13.7. The Morgan fingerprint density at radius 1 is 1.21 bits per heavy atom. The van der Waals surface area contributed by atoms with Crippen molar-refractivity contribution in [3.63, 3.8) is 0 Å². The average Bonchev–Trinajstić information content (AvgIpc) is 3.32. The molecular weight excluding hydrogens is 504 g/mol. The first-order valence-electron chi connectivity index (χ1n) is 12.9. The number of carbonyl (C=O) groups is 3. The van der Waals surface area contributed by atoms with Gasteiger partial charge >= 0.3 is 5.97 Å². The molecule has 0 aliphatic carbocycles. The molecule has 2 saturated heterocycles. The summed E-state index contributed by atoms with van der Waals surface area (Å²) in [5, 5.41) is 14.1. The van der Waals surface area contributed by atoms with Crippen LogP contribution in [0.15, 0.2) is 42.5 Å². The molecule has 3 aliphatic rings. The first-order chi connectivity index (χ1) is 18.0. The Hall–Kier alpha value is -3.21. The number of aliphatic hydroxyl groups is 1. The van der Waals surface area contributed by atoms with E-state index in [2.05, 4.69) is 37.5 Å². The first-order valence-corrected chi connectivity index (χ1v) is 16.0. The van der Waals surface area contributed by atoms with Crippen LogP contribution in [0.25, 0.3) is 0 Å². The summed E-state index contributed by atoms with van der Waals surface area (Å²) < 4.78 is 17.4. The van der Waals surface area contributed by atoms with Gasteiger partial charge in [0.25, 0.3) is 5.91 Å². The molecule has 2 amide bonds. The van der Waals surface area contributed by atoms with Crippen molar-refractivity contribution in [3.8, 4) is 5.75 Å². The van der Waals surface area contributed by atoms with Crippen LogP contribution in [0.2, 0.25) is 18.6 Å². The number of hydrogen-bond donors (Lipinski definition) is 2. The molecule has 0 radical (unpaired) electrons. The summed E-state index contributed by atoms with van der Waals surface area (Å²) in [6.45, 7) is 7.85. The molecule has 2 N–H and O–H groups in total. The Morgan fingerprint density at radius 3 is 2.53 bits per heavy atom. The maximum Gasteiger partial charge on any atom is 0.304 e. The topological polar surface area (TPSA) is 114 Å². The lowest BCUT2D eigenvalue weighted by molar-refractivity contribution is -0.153. The van der Waals surface area contributed by atoms with E-state index in [0.717, 1.165) is 5.75 Å². The van der Waals surface area contributed by atoms with Crippen molar-refractivity contribution in [1.29, 1.82) is 0 Å². The summed E-state index contributed by atoms with van der Waals surface area (Å²) in [5.41, 5.74) is 0.598. The molecule has 0 saturated carbocycles. The molecule has 10 heteroatoms. The summed E-state index contributed by atoms with van der Waals surface area (Å²) >= 11 is 0. The standard InChI is InChI=1S/C28H34N2O7Si/c1-16-26(38(4,5)20-9-7-19(35-3)8-10-20)23(12-13-31)37-28(16)21-14-18(6-11-22(21)29-27(28)34)30-24(33)15-25(30)36-17(2)32/h6-11,14,16,23,25-26,31H,12-13,15H2,1-5H3,(H,29,34)/t16-,23+,25?,26-,28+/m1/s1. The van der Waals surface area contributed by atoms with Gasteiger partial charge in [0.1, 0.15) is 5.75 Å². The molecule has 2 aromatic rings. The zero-order valence-electron chi connectivity index (χ0n) is 22.3. The second-order valence-corrected chi connectivity index (χ2v) is 15.6. The Bertz CT molecular complexity index is 1280. The van der Waals surface area contributed by atoms with E-state index in [9.17, 15) is 19.5 Å². The summed E-state index contributed by atoms with van der Waals surface area (Å²) in [6.07, 6.45) is -0.477. The zero-order chi connectivity index (χ0) is 27.4. The Morgan fingerprint density at radius 2 is 1.92 bits per heavy atom. The molecule has 5 atom stereocenters. The number of esters is 1. The number of hydrogen-bond acceptors (Lipinski definition) is 7. The molecule has 3 aliphatic heterocycles. The third kappa shape index (κ3) is 3.93. The first kappa shape index (κ1) is 26.4. The number of aliphatic hydroxyl groups excluding tert-OH is 1. The normalized spacial score (nSPS) is 28.2. The predicted octanol–water partition coefficient (Wildman–Crippen LogP) is 2.87. The molecular formula is C28H34N2O7Si. The number of benzene rings is 2. The van der Waals surface area contributed by atoms with Gasteiger partial charge in [-0.1, -0.05) is 37.3 Å². The molecule has 1 spiro atoms. The van der Waals surface area contributed by atoms with E-state index in [4.69, 9.17) is 14.2 Å². The van der Waals surface area contributed by atoms with Crippen molar-refractivity contribution >= 4 is 42.4 Å². The van der Waals surface area contributed by atoms with Gasteiger partial charge in [-0.25, -0.2) is 0 Å². The van der Waals surface area contributed by atoms with E-state index in [0.29, 0.717) is 23.4 Å². The average molecular weight is 539 g/mol. The molecule has 9 nitrogen and oxygen atoms in total. The van der Waals surface area contributed by atoms with Crippen LogP contribution in [-0.2, 0) is 29.5 Å². The number of amides is 2. The zero-order valence-corrected chi connectivity index (χ0v) is 23.3. The number of carbonyl (C=O) groups excluding carboxylic acids is 3. The van der Waals surface area contributed by atoms with Crippen molar-refractivity contribution < 1.29 is 33.7 Å². The van der Waals surface area contributed by atoms with Gasteiger partial charge < -0.3 is 24.6 Å². The number of anilines is 2. The van der Waals surface area contributed by atoms with Crippen LogP contribution < -0.4 is 20.1 Å². The highest BCUT2D eigenvalue weighted by Gasteiger charge is 2.64. The van der Waals surface area contributed by atoms with E-state index in [1.165, 1.54) is 17.0 Å². The third-order valence-electron chi connectivity index (χ3n) is 8.47. The molecule has 5 rings (SSSR count). The quantitative estimate of drug-likeness (QED) is 0.317. The third-order valence-corrected chi connectivity index (χ3v) is 12.8. The number of methoxy groups -OCH3 is 1. The Labute approximate surface area is 223 Å². The highest BCUT2D eigenvalue weighted by Crippen LogP contribution is 2.59. The second kappa shape index (κ2) is 9.51. The van der Waals surface area contributed by atoms with Crippen LogP contribution in [-0.4, -0.2) is 57.0 Å². The van der Waals surface area contributed by atoms with Crippen molar-refractivity contribution in [2.75, 3.05) is 23.9 Å². The van der Waals surface area contributed by atoms with Gasteiger partial charge in [-0.2, -0.15) is 0 Å². The van der Waals surface area contributed by atoms with Gasteiger partial charge in [0.2, 0.25) is 5.91 Å². The van der Waals surface area contributed by atoms with Crippen LogP contribution in [0.5, 0.6) is 5.75 Å². The predicted molar refractivity (Wildman–Crippen MR) is 144 cm³/mol. The minimum Gasteiger partial charge on any atom is -0.497 e. The molecule has 0 aromatic heterocycles. The lowest BCUT2D eigenvalue weighted by Gasteiger charge is -2.39. The van der Waals surface area contributed by atoms with E-state index in [1.807, 2.05) is 12.1 Å². The number of rotatable bonds is 7. The minimum atomic E-state index is -2.26. The number of nitrogens with zero attached hydrogens (tertiary/aromatic N) is 1. The van der Waals surface area contributed by atoms with Gasteiger partial charge in [-0.05, 0) is 42.3 Å². The minimum absolute atomic E-state index is 0.0165. The van der Waals surface area contributed by atoms with Crippen molar-refractivity contribution in [2.45, 2.75) is 63.3 Å². The Balaban J connectivity index is 1.56. The van der Waals surface area contributed by atoms with E-state index >= 15 is 0 Å². The molecule has 2 aromatic carbocycles. The van der Waals surface area contributed by atoms with Crippen molar-refractivity contribution in [1.82, 2.24) is 0 Å². The van der Waals surface area contributed by atoms with E-state index < -0.39 is 25.9 Å². The molecule has 202 valence electrons. The van der Waals surface area contributed by atoms with E-state index in [1.54, 1.807) is 25.3 Å². The summed E-state index contributed by atoms with van der Waals surface area (Å²) in [6, 6.07) is 13.4. The second-order valence-electron chi connectivity index (χ2n) is 10.9. The molecule has 38 heavy (non-hydrogen) atoms. The summed E-state index contributed by atoms with van der Waals surface area (Å²) in [4.78, 5) is 39.1. The smallest absolute Gasteiger partial charge is 0.304 e. The number of fused-ring (bicyclic) bond motifs is 2. The molecule has 3 heterocycles. The highest BCUT2D eigenvalue weighted by molar-refractivity contribution is 6.91. The van der Waals surface area contributed by atoms with Gasteiger partial charge in [0.05, 0.1) is 27.7 Å². The van der Waals surface area contributed by atoms with Gasteiger partial charge in [0, 0.05) is 36.4 Å². The van der Waals surface area contributed by atoms with Gasteiger partial charge in [-0.15, -0.1) is 0 Å². The largest absolute Gasteiger partial charge is 0.497 e. The monoisotopic (exact) mass is 538 g/mol. The number of β-lactam (4-membered cyclic amide) rings is 1. The lowest BCUT2D eigenvalue weighted by atomic mass is 9.82. The fourth-order valence-electron chi connectivity index (χ4n) is 6.65. The number of nitrogens with one attached hydrogen (secondary N) is 1.